The number of urea groups is 1. The van der Waals surface area contributed by atoms with Crippen molar-refractivity contribution in [2.24, 2.45) is 5.92 Å². The van der Waals surface area contributed by atoms with Gasteiger partial charge in [-0.25, -0.2) is 15.0 Å². The van der Waals surface area contributed by atoms with E-state index in [0.717, 1.165) is 53.5 Å². The third-order valence-corrected chi connectivity index (χ3v) is 9.19. The van der Waals surface area contributed by atoms with E-state index in [-0.39, 0.29) is 55.8 Å². The number of allylic oxidation sites excluding steroid dienone is 1. The molecule has 46 heavy (non-hydrogen) atoms. The van der Waals surface area contributed by atoms with Gasteiger partial charge in [-0.3, -0.25) is 19.9 Å². The van der Waals surface area contributed by atoms with E-state index in [1.54, 1.807) is 13.2 Å². The predicted octanol–water partition coefficient (Wildman–Crippen LogP) is 2.89. The van der Waals surface area contributed by atoms with Crippen LogP contribution in [-0.2, 0) is 14.3 Å². The summed E-state index contributed by atoms with van der Waals surface area (Å²) in [6, 6.07) is 14.5. The van der Waals surface area contributed by atoms with Crippen molar-refractivity contribution in [1.29, 1.82) is 0 Å². The minimum absolute atomic E-state index is 0.00743. The highest BCUT2D eigenvalue weighted by molar-refractivity contribution is 5.87. The molecule has 3 aliphatic rings. The van der Waals surface area contributed by atoms with E-state index in [1.165, 1.54) is 4.90 Å². The smallest absolute Gasteiger partial charge is 0.410 e. The maximum Gasteiger partial charge on any atom is 0.410 e. The van der Waals surface area contributed by atoms with Crippen LogP contribution in [0.5, 0.6) is 0 Å². The summed E-state index contributed by atoms with van der Waals surface area (Å²) in [6.07, 6.45) is 3.88. The van der Waals surface area contributed by atoms with E-state index in [4.69, 9.17) is 4.74 Å². The number of carbonyl (C=O) groups excluding carboxylic acids is 4. The number of likely N-dealkylation sites (tertiary alicyclic amines) is 1. The lowest BCUT2D eigenvalue weighted by Gasteiger charge is -2.26. The van der Waals surface area contributed by atoms with Gasteiger partial charge < -0.3 is 25.8 Å². The maximum absolute atomic E-state index is 13.3. The van der Waals surface area contributed by atoms with E-state index >= 15 is 0 Å². The molecule has 0 bridgehead atoms. The minimum atomic E-state index is -0.874. The number of aliphatic hydroxyl groups is 1. The van der Waals surface area contributed by atoms with Crippen LogP contribution in [0.3, 0.4) is 0 Å². The van der Waals surface area contributed by atoms with Gasteiger partial charge in [-0.05, 0) is 54.4 Å². The van der Waals surface area contributed by atoms with Gasteiger partial charge in [-0.2, -0.15) is 0 Å². The summed E-state index contributed by atoms with van der Waals surface area (Å²) in [5, 5.41) is 18.7. The number of benzene rings is 2. The first kappa shape index (κ1) is 33.0. The zero-order valence-corrected chi connectivity index (χ0v) is 26.4. The Morgan fingerprint density at radius 3 is 2.28 bits per heavy atom. The Bertz CT molecular complexity index is 1410. The topological polar surface area (TPSA) is 161 Å². The molecule has 6 N–H and O–H groups in total. The minimum Gasteiger partial charge on any atom is -0.448 e. The second-order valence-electron chi connectivity index (χ2n) is 12.1. The Morgan fingerprint density at radius 1 is 1.00 bits per heavy atom. The normalized spacial score (nSPS) is 21.1. The molecule has 1 saturated carbocycles. The summed E-state index contributed by atoms with van der Waals surface area (Å²) in [7, 11) is 1.64. The number of nitrogens with zero attached hydrogens (tertiary/aromatic N) is 1. The Kier molecular flexibility index (Phi) is 10.9. The van der Waals surface area contributed by atoms with Crippen LogP contribution in [0.25, 0.3) is 11.1 Å². The number of amides is 5. The number of rotatable bonds is 10. The second-order valence-corrected chi connectivity index (χ2v) is 12.1. The van der Waals surface area contributed by atoms with E-state index < -0.39 is 24.3 Å². The van der Waals surface area contributed by atoms with Gasteiger partial charge in [0, 0.05) is 44.1 Å². The molecular weight excluding hydrogens is 588 g/mol. The predicted molar refractivity (Wildman–Crippen MR) is 172 cm³/mol. The molecule has 2 aliphatic carbocycles. The molecule has 2 aromatic carbocycles. The number of nitrogens with one attached hydrogen (secondary N) is 5. The van der Waals surface area contributed by atoms with Crippen LogP contribution in [0.1, 0.15) is 62.5 Å². The second kappa shape index (κ2) is 15.2. The fourth-order valence-corrected chi connectivity index (χ4v) is 6.59. The number of hydrogen-bond acceptors (Lipinski definition) is 7. The number of carbonyl (C=O) groups is 4. The molecule has 0 aromatic heterocycles. The summed E-state index contributed by atoms with van der Waals surface area (Å²) in [4.78, 5) is 51.9. The number of β-amino-alcohol motifs (C(OH)–C–C–N with tert-alkyl or cyclic N) is 1. The first-order valence-corrected chi connectivity index (χ1v) is 16.1. The van der Waals surface area contributed by atoms with Crippen molar-refractivity contribution >= 4 is 23.9 Å². The zero-order chi connectivity index (χ0) is 32.6. The molecule has 1 heterocycles. The molecule has 0 radical (unpaired) electrons. The maximum atomic E-state index is 13.3. The van der Waals surface area contributed by atoms with Crippen LogP contribution in [-0.4, -0.2) is 78.9 Å². The molecule has 12 heteroatoms. The van der Waals surface area contributed by atoms with Gasteiger partial charge in [0.25, 0.3) is 0 Å². The van der Waals surface area contributed by atoms with Crippen LogP contribution >= 0.6 is 0 Å². The summed E-state index contributed by atoms with van der Waals surface area (Å²) in [5.41, 5.74) is 10.9. The van der Waals surface area contributed by atoms with Crippen LogP contribution in [0, 0.1) is 5.92 Å². The number of fused-ring (bicyclic) bond motifs is 3. The number of ether oxygens (including phenoxy) is 1. The molecule has 5 rings (SSSR count). The Balaban J connectivity index is 1.08. The fourth-order valence-electron chi connectivity index (χ4n) is 6.59. The van der Waals surface area contributed by atoms with Crippen LogP contribution in [0.15, 0.2) is 60.3 Å². The first-order valence-electron chi connectivity index (χ1n) is 16.1. The van der Waals surface area contributed by atoms with Crippen molar-refractivity contribution in [2.75, 3.05) is 26.7 Å². The van der Waals surface area contributed by atoms with E-state index in [9.17, 15) is 24.3 Å². The number of hydrogen-bond donors (Lipinski definition) is 6. The molecule has 2 fully saturated rings. The molecule has 0 unspecified atom stereocenters. The van der Waals surface area contributed by atoms with Crippen molar-refractivity contribution in [3.63, 3.8) is 0 Å². The van der Waals surface area contributed by atoms with E-state index in [0.29, 0.717) is 6.42 Å². The SMILES string of the molecule is CC[C@@H](CNNC(=O)NC=C1CCC(C(=O)NC)CC1)NC(=O)[C@@H]1C[C@@H](O)CN1C(=O)OCC1c2ccccc2-c2ccccc21. The van der Waals surface area contributed by atoms with Gasteiger partial charge in [-0.15, -0.1) is 0 Å². The van der Waals surface area contributed by atoms with E-state index in [2.05, 4.69) is 38.9 Å². The van der Waals surface area contributed by atoms with Gasteiger partial charge in [0.05, 0.1) is 12.6 Å². The number of aliphatic hydroxyl groups excluding tert-OH is 1. The van der Waals surface area contributed by atoms with E-state index in [1.807, 2.05) is 43.3 Å². The first-order chi connectivity index (χ1) is 22.3. The molecular formula is C34H44N6O6. The Morgan fingerprint density at radius 2 is 1.65 bits per heavy atom. The highest BCUT2D eigenvalue weighted by Crippen LogP contribution is 2.44. The third-order valence-electron chi connectivity index (χ3n) is 9.19. The fraction of sp³-hybridized carbons (Fsp3) is 0.471. The molecule has 1 aliphatic heterocycles. The quantitative estimate of drug-likeness (QED) is 0.220. The van der Waals surface area contributed by atoms with Crippen LogP contribution < -0.4 is 26.8 Å². The van der Waals surface area contributed by atoms with Crippen molar-refractivity contribution in [2.45, 2.75) is 69.6 Å². The molecule has 12 nitrogen and oxygen atoms in total. The number of hydrazine groups is 1. The highest BCUT2D eigenvalue weighted by Gasteiger charge is 2.41. The summed E-state index contributed by atoms with van der Waals surface area (Å²) >= 11 is 0. The molecule has 0 spiro atoms. The summed E-state index contributed by atoms with van der Waals surface area (Å²) < 4.78 is 5.77. The van der Waals surface area contributed by atoms with Gasteiger partial charge in [0.1, 0.15) is 12.6 Å². The lowest BCUT2D eigenvalue weighted by atomic mass is 9.86. The Hall–Kier alpha value is -4.42. The molecule has 1 saturated heterocycles. The third kappa shape index (κ3) is 7.68. The summed E-state index contributed by atoms with van der Waals surface area (Å²) in [6.45, 7) is 2.28. The zero-order valence-electron chi connectivity index (χ0n) is 26.4. The average molecular weight is 633 g/mol. The standard InChI is InChI=1S/C34H44N6O6/c1-3-23(18-37-39-33(44)36-17-21-12-14-22(15-13-21)31(42)35-2)38-32(43)30-16-24(41)19-40(30)34(45)46-20-29-27-10-6-4-8-25(27)26-9-5-7-11-28(26)29/h4-11,17,22-24,29-30,37,41H,3,12-16,18-20H2,1-2H3,(H,35,42)(H,38,43)(H2,36,39,44)/t22?,23-,24+,30-/m0/s1. The molecule has 5 amide bonds. The van der Waals surface area contributed by atoms with Crippen molar-refractivity contribution in [3.8, 4) is 11.1 Å². The van der Waals surface area contributed by atoms with Crippen molar-refractivity contribution in [3.05, 3.63) is 71.4 Å². The Labute approximate surface area is 269 Å². The highest BCUT2D eigenvalue weighted by atomic mass is 16.6. The van der Waals surface area contributed by atoms with Gasteiger partial charge in [-0.1, -0.05) is 61.0 Å². The monoisotopic (exact) mass is 632 g/mol. The average Bonchev–Trinajstić information content (AvgIpc) is 3.63. The van der Waals surface area contributed by atoms with Crippen molar-refractivity contribution in [1.82, 2.24) is 31.7 Å². The van der Waals surface area contributed by atoms with Gasteiger partial charge >= 0.3 is 12.1 Å². The van der Waals surface area contributed by atoms with Crippen molar-refractivity contribution < 1.29 is 29.0 Å². The van der Waals surface area contributed by atoms with Crippen LogP contribution in [0.4, 0.5) is 9.59 Å². The summed E-state index contributed by atoms with van der Waals surface area (Å²) in [5.74, 6) is -0.435. The molecule has 3 atom stereocenters. The lowest BCUT2D eigenvalue weighted by molar-refractivity contribution is -0.126. The lowest BCUT2D eigenvalue weighted by Crippen LogP contribution is -2.53. The van der Waals surface area contributed by atoms with Gasteiger partial charge in [0.15, 0.2) is 0 Å². The molecule has 246 valence electrons. The van der Waals surface area contributed by atoms with Gasteiger partial charge in [0.2, 0.25) is 11.8 Å². The van der Waals surface area contributed by atoms with Crippen LogP contribution in [0.2, 0.25) is 0 Å². The largest absolute Gasteiger partial charge is 0.448 e. The molecule has 2 aromatic rings.